The number of esters is 1. The van der Waals surface area contributed by atoms with Gasteiger partial charge in [0.2, 0.25) is 0 Å². The van der Waals surface area contributed by atoms with Crippen molar-refractivity contribution in [2.45, 2.75) is 20.3 Å². The molecule has 0 radical (unpaired) electrons. The van der Waals surface area contributed by atoms with Crippen LogP contribution in [0.4, 0.5) is 11.4 Å². The predicted molar refractivity (Wildman–Crippen MR) is 97.8 cm³/mol. The van der Waals surface area contributed by atoms with Crippen LogP contribution in [0.5, 0.6) is 0 Å². The number of thiocarbonyl (C=S) groups is 1. The molecule has 2 N–H and O–H groups in total. The van der Waals surface area contributed by atoms with Crippen LogP contribution in [0.1, 0.15) is 18.1 Å². The lowest BCUT2D eigenvalue weighted by atomic mass is 10.1. The predicted octanol–water partition coefficient (Wildman–Crippen LogP) is 3.91. The summed E-state index contributed by atoms with van der Waals surface area (Å²) in [5, 5.41) is 6.82. The van der Waals surface area contributed by atoms with Gasteiger partial charge in [-0.25, -0.2) is 0 Å². The van der Waals surface area contributed by atoms with E-state index in [-0.39, 0.29) is 12.4 Å². The fourth-order valence-corrected chi connectivity index (χ4v) is 2.31. The Bertz CT molecular complexity index is 684. The number of nitrogens with one attached hydrogen (secondary N) is 2. The molecule has 0 saturated carbocycles. The van der Waals surface area contributed by atoms with E-state index in [1.807, 2.05) is 55.5 Å². The molecule has 0 spiro atoms. The molecule has 0 aromatic heterocycles. The molecule has 0 heterocycles. The van der Waals surface area contributed by atoms with Gasteiger partial charge in [0.25, 0.3) is 0 Å². The molecule has 23 heavy (non-hydrogen) atoms. The van der Waals surface area contributed by atoms with E-state index in [4.69, 9.17) is 17.0 Å². The van der Waals surface area contributed by atoms with Crippen LogP contribution in [0, 0.1) is 6.92 Å². The summed E-state index contributed by atoms with van der Waals surface area (Å²) in [5.74, 6) is -0.218. The van der Waals surface area contributed by atoms with Crippen LogP contribution in [0.2, 0.25) is 0 Å². The number of para-hydroxylation sites is 1. The molecule has 0 atom stereocenters. The Balaban J connectivity index is 1.91. The van der Waals surface area contributed by atoms with Crippen LogP contribution in [0.15, 0.2) is 48.5 Å². The minimum Gasteiger partial charge on any atom is -0.466 e. The summed E-state index contributed by atoms with van der Waals surface area (Å²) in [6.45, 7) is 4.22. The van der Waals surface area contributed by atoms with Gasteiger partial charge in [-0.3, -0.25) is 4.79 Å². The Hall–Kier alpha value is -2.40. The van der Waals surface area contributed by atoms with E-state index >= 15 is 0 Å². The maximum absolute atomic E-state index is 11.4. The van der Waals surface area contributed by atoms with Gasteiger partial charge in [0, 0.05) is 11.4 Å². The van der Waals surface area contributed by atoms with Gasteiger partial charge >= 0.3 is 5.97 Å². The van der Waals surface area contributed by atoms with E-state index in [2.05, 4.69) is 10.6 Å². The number of carbonyl (C=O) groups excluding carboxylic acids is 1. The molecule has 0 fully saturated rings. The lowest BCUT2D eigenvalue weighted by Gasteiger charge is -2.12. The molecule has 4 nitrogen and oxygen atoms in total. The molecule has 0 aliphatic heterocycles. The summed E-state index contributed by atoms with van der Waals surface area (Å²) in [7, 11) is 0. The van der Waals surface area contributed by atoms with Crippen LogP contribution in [0.25, 0.3) is 0 Å². The van der Waals surface area contributed by atoms with Gasteiger partial charge in [0.05, 0.1) is 13.0 Å². The first-order chi connectivity index (χ1) is 11.1. The maximum Gasteiger partial charge on any atom is 0.310 e. The molecule has 2 aromatic carbocycles. The summed E-state index contributed by atoms with van der Waals surface area (Å²) < 4.78 is 4.93. The van der Waals surface area contributed by atoms with Crippen molar-refractivity contribution in [1.29, 1.82) is 0 Å². The second-order valence-corrected chi connectivity index (χ2v) is 5.48. The van der Waals surface area contributed by atoms with Crippen molar-refractivity contribution in [3.63, 3.8) is 0 Å². The molecule has 0 unspecified atom stereocenters. The van der Waals surface area contributed by atoms with Gasteiger partial charge in [0.1, 0.15) is 0 Å². The number of carbonyl (C=O) groups is 1. The fraction of sp³-hybridized carbons (Fsp3) is 0.222. The Kier molecular flexibility index (Phi) is 6.11. The molecule has 0 aliphatic carbocycles. The molecule has 0 aliphatic rings. The highest BCUT2D eigenvalue weighted by atomic mass is 32.1. The average Bonchev–Trinajstić information content (AvgIpc) is 2.52. The van der Waals surface area contributed by atoms with Crippen LogP contribution in [-0.2, 0) is 16.0 Å². The molecule has 0 bridgehead atoms. The standard InChI is InChI=1S/C18H20N2O2S/c1-3-22-17(21)12-14-8-10-15(11-9-14)19-18(23)20-16-7-5-4-6-13(16)2/h4-11H,3,12H2,1-2H3,(H2,19,20,23). The van der Waals surface area contributed by atoms with Crippen molar-refractivity contribution in [3.8, 4) is 0 Å². The van der Waals surface area contributed by atoms with Gasteiger partial charge in [-0.1, -0.05) is 30.3 Å². The van der Waals surface area contributed by atoms with Crippen molar-refractivity contribution in [1.82, 2.24) is 0 Å². The maximum atomic E-state index is 11.4. The summed E-state index contributed by atoms with van der Waals surface area (Å²) >= 11 is 5.32. The summed E-state index contributed by atoms with van der Waals surface area (Å²) in [6, 6.07) is 15.5. The number of ether oxygens (including phenoxy) is 1. The Labute approximate surface area is 141 Å². The molecule has 0 amide bonds. The monoisotopic (exact) mass is 328 g/mol. The van der Waals surface area contributed by atoms with Gasteiger partial charge < -0.3 is 15.4 Å². The zero-order valence-corrected chi connectivity index (χ0v) is 14.1. The molecule has 2 aromatic rings. The van der Waals surface area contributed by atoms with Crippen molar-refractivity contribution >= 4 is 34.7 Å². The Morgan fingerprint density at radius 1 is 1.09 bits per heavy atom. The largest absolute Gasteiger partial charge is 0.466 e. The number of benzene rings is 2. The van der Waals surface area contributed by atoms with Gasteiger partial charge in [-0.15, -0.1) is 0 Å². The molecule has 120 valence electrons. The third-order valence-corrected chi connectivity index (χ3v) is 3.46. The van der Waals surface area contributed by atoms with Crippen molar-refractivity contribution in [2.24, 2.45) is 0 Å². The zero-order valence-electron chi connectivity index (χ0n) is 13.3. The average molecular weight is 328 g/mol. The van der Waals surface area contributed by atoms with E-state index in [9.17, 15) is 4.79 Å². The lowest BCUT2D eigenvalue weighted by molar-refractivity contribution is -0.142. The van der Waals surface area contributed by atoms with Crippen LogP contribution in [-0.4, -0.2) is 17.7 Å². The highest BCUT2D eigenvalue weighted by molar-refractivity contribution is 7.80. The fourth-order valence-electron chi connectivity index (χ4n) is 2.08. The van der Waals surface area contributed by atoms with Crippen LogP contribution in [0.3, 0.4) is 0 Å². The van der Waals surface area contributed by atoms with Crippen molar-refractivity contribution < 1.29 is 9.53 Å². The number of aryl methyl sites for hydroxylation is 1. The van der Waals surface area contributed by atoms with E-state index in [1.165, 1.54) is 0 Å². The SMILES string of the molecule is CCOC(=O)Cc1ccc(NC(=S)Nc2ccccc2C)cc1. The number of anilines is 2. The quantitative estimate of drug-likeness (QED) is 0.644. The number of hydrogen-bond donors (Lipinski definition) is 2. The van der Waals surface area contributed by atoms with Gasteiger partial charge in [-0.2, -0.15) is 0 Å². The molecule has 5 heteroatoms. The second kappa shape index (κ2) is 8.29. The minimum absolute atomic E-state index is 0.218. The topological polar surface area (TPSA) is 50.4 Å². The van der Waals surface area contributed by atoms with E-state index < -0.39 is 0 Å². The van der Waals surface area contributed by atoms with Crippen molar-refractivity contribution in [2.75, 3.05) is 17.2 Å². The molecule has 2 rings (SSSR count). The third kappa shape index (κ3) is 5.38. The molecular formula is C18H20N2O2S. The van der Waals surface area contributed by atoms with E-state index in [1.54, 1.807) is 6.92 Å². The first kappa shape index (κ1) is 17.0. The van der Waals surface area contributed by atoms with Gasteiger partial charge in [-0.05, 0) is 55.4 Å². The number of hydrogen-bond acceptors (Lipinski definition) is 3. The minimum atomic E-state index is -0.218. The van der Waals surface area contributed by atoms with Crippen LogP contribution < -0.4 is 10.6 Å². The van der Waals surface area contributed by atoms with E-state index in [0.717, 1.165) is 22.5 Å². The normalized spacial score (nSPS) is 10.0. The van der Waals surface area contributed by atoms with Gasteiger partial charge in [0.15, 0.2) is 5.11 Å². The highest BCUT2D eigenvalue weighted by Crippen LogP contribution is 2.15. The summed E-state index contributed by atoms with van der Waals surface area (Å²) in [6.07, 6.45) is 0.278. The first-order valence-electron chi connectivity index (χ1n) is 7.46. The molecular weight excluding hydrogens is 308 g/mol. The third-order valence-electron chi connectivity index (χ3n) is 3.26. The zero-order chi connectivity index (χ0) is 16.7. The smallest absolute Gasteiger partial charge is 0.310 e. The van der Waals surface area contributed by atoms with Crippen molar-refractivity contribution in [3.05, 3.63) is 59.7 Å². The number of rotatable bonds is 5. The van der Waals surface area contributed by atoms with Crippen LogP contribution >= 0.6 is 12.2 Å². The second-order valence-electron chi connectivity index (χ2n) is 5.07. The Morgan fingerprint density at radius 3 is 2.43 bits per heavy atom. The lowest BCUT2D eigenvalue weighted by Crippen LogP contribution is -2.19. The first-order valence-corrected chi connectivity index (χ1v) is 7.87. The summed E-state index contributed by atoms with van der Waals surface area (Å²) in [4.78, 5) is 11.4. The highest BCUT2D eigenvalue weighted by Gasteiger charge is 2.05. The summed E-state index contributed by atoms with van der Waals surface area (Å²) in [5.41, 5.74) is 3.88. The molecule has 0 saturated heterocycles. The Morgan fingerprint density at radius 2 is 1.78 bits per heavy atom. The van der Waals surface area contributed by atoms with E-state index in [0.29, 0.717) is 11.7 Å².